The van der Waals surface area contributed by atoms with Crippen LogP contribution in [0.25, 0.3) is 10.9 Å². The number of carboxylic acid groups (broad SMARTS) is 1. The number of nitrogens with one attached hydrogen (secondary N) is 1. The molecule has 1 aromatic carbocycles. The quantitative estimate of drug-likeness (QED) is 0.854. The van der Waals surface area contributed by atoms with E-state index in [1.807, 2.05) is 36.4 Å². The van der Waals surface area contributed by atoms with Gasteiger partial charge in [0, 0.05) is 23.8 Å². The summed E-state index contributed by atoms with van der Waals surface area (Å²) in [5.41, 5.74) is 1.82. The Morgan fingerprint density at radius 1 is 1.29 bits per heavy atom. The van der Waals surface area contributed by atoms with E-state index in [9.17, 15) is 9.59 Å². The van der Waals surface area contributed by atoms with Crippen molar-refractivity contribution in [2.45, 2.75) is 18.7 Å². The lowest BCUT2D eigenvalue weighted by Gasteiger charge is -2.12. The first kappa shape index (κ1) is 15.3. The zero-order chi connectivity index (χ0) is 15.2. The molecule has 0 fully saturated rings. The second-order valence-corrected chi connectivity index (χ2v) is 5.63. The maximum absolute atomic E-state index is 11.0. The summed E-state index contributed by atoms with van der Waals surface area (Å²) in [5, 5.41) is 12.5. The van der Waals surface area contributed by atoms with E-state index >= 15 is 0 Å². The topological polar surface area (TPSA) is 79.3 Å². The number of benzene rings is 1. The number of rotatable bonds is 6. The van der Waals surface area contributed by atoms with Crippen molar-refractivity contribution < 1.29 is 14.7 Å². The molecular weight excluding hydrogens is 288 g/mol. The van der Waals surface area contributed by atoms with Gasteiger partial charge in [-0.1, -0.05) is 24.3 Å². The van der Waals surface area contributed by atoms with Crippen LogP contribution in [-0.2, 0) is 15.3 Å². The average molecular weight is 304 g/mol. The molecule has 2 aromatic rings. The standard InChI is InChI=1S/C15H16N2O3S/c1-10(18)16-14(15(19)20)9-21-8-12-7-6-11-4-2-3-5-13(11)17-12/h2-7,14H,8-9H2,1H3,(H,16,18)(H,19,20)/t14-/m0/s1. The highest BCUT2D eigenvalue weighted by Crippen LogP contribution is 2.16. The molecule has 0 aliphatic heterocycles. The summed E-state index contributed by atoms with van der Waals surface area (Å²) in [6.45, 7) is 1.31. The van der Waals surface area contributed by atoms with Crippen molar-refractivity contribution in [2.24, 2.45) is 0 Å². The maximum atomic E-state index is 11.0. The van der Waals surface area contributed by atoms with Gasteiger partial charge in [-0.2, -0.15) is 11.8 Å². The second-order valence-electron chi connectivity index (χ2n) is 4.60. The van der Waals surface area contributed by atoms with Crippen LogP contribution in [0.1, 0.15) is 12.6 Å². The fourth-order valence-corrected chi connectivity index (χ4v) is 2.84. The number of carbonyl (C=O) groups is 2. The number of hydrogen-bond acceptors (Lipinski definition) is 4. The van der Waals surface area contributed by atoms with Crippen molar-refractivity contribution in [3.63, 3.8) is 0 Å². The Kier molecular flexibility index (Phi) is 5.16. The molecule has 0 saturated carbocycles. The number of carboxylic acids is 1. The van der Waals surface area contributed by atoms with E-state index in [1.165, 1.54) is 18.7 Å². The average Bonchev–Trinajstić information content (AvgIpc) is 2.45. The summed E-state index contributed by atoms with van der Waals surface area (Å²) in [6, 6.07) is 10.9. The Balaban J connectivity index is 1.94. The molecule has 5 nitrogen and oxygen atoms in total. The zero-order valence-corrected chi connectivity index (χ0v) is 12.4. The number of thioether (sulfide) groups is 1. The minimum atomic E-state index is -1.02. The first-order chi connectivity index (χ1) is 10.1. The summed E-state index contributed by atoms with van der Waals surface area (Å²) in [4.78, 5) is 26.5. The van der Waals surface area contributed by atoms with Crippen molar-refractivity contribution >= 4 is 34.5 Å². The van der Waals surface area contributed by atoms with Crippen molar-refractivity contribution in [1.29, 1.82) is 0 Å². The van der Waals surface area contributed by atoms with Crippen molar-refractivity contribution in [1.82, 2.24) is 10.3 Å². The lowest BCUT2D eigenvalue weighted by molar-refractivity contribution is -0.140. The van der Waals surface area contributed by atoms with Gasteiger partial charge in [0.25, 0.3) is 0 Å². The molecular formula is C15H16N2O3S. The van der Waals surface area contributed by atoms with Crippen molar-refractivity contribution in [2.75, 3.05) is 5.75 Å². The van der Waals surface area contributed by atoms with Crippen molar-refractivity contribution in [3.05, 3.63) is 42.1 Å². The van der Waals surface area contributed by atoms with Gasteiger partial charge in [0.15, 0.2) is 0 Å². The van der Waals surface area contributed by atoms with Gasteiger partial charge < -0.3 is 10.4 Å². The first-order valence-electron chi connectivity index (χ1n) is 6.48. The molecule has 110 valence electrons. The van der Waals surface area contributed by atoms with Crippen LogP contribution >= 0.6 is 11.8 Å². The van der Waals surface area contributed by atoms with E-state index in [1.54, 1.807) is 0 Å². The molecule has 0 radical (unpaired) electrons. The Bertz CT molecular complexity index is 660. The lowest BCUT2D eigenvalue weighted by atomic mass is 10.2. The summed E-state index contributed by atoms with van der Waals surface area (Å²) < 4.78 is 0. The normalized spacial score (nSPS) is 12.0. The van der Waals surface area contributed by atoms with Gasteiger partial charge in [-0.3, -0.25) is 9.78 Å². The zero-order valence-electron chi connectivity index (χ0n) is 11.6. The summed E-state index contributed by atoms with van der Waals surface area (Å²) in [5.74, 6) is -0.451. The molecule has 0 aliphatic rings. The highest BCUT2D eigenvalue weighted by Gasteiger charge is 2.18. The van der Waals surface area contributed by atoms with Crippen LogP contribution in [0.15, 0.2) is 36.4 Å². The van der Waals surface area contributed by atoms with Gasteiger partial charge in [-0.25, -0.2) is 4.79 Å². The molecule has 1 atom stereocenters. The molecule has 6 heteroatoms. The van der Waals surface area contributed by atoms with E-state index < -0.39 is 12.0 Å². The molecule has 1 aromatic heterocycles. The molecule has 2 N–H and O–H groups in total. The number of aliphatic carboxylic acids is 1. The van der Waals surface area contributed by atoms with E-state index in [4.69, 9.17) is 5.11 Å². The smallest absolute Gasteiger partial charge is 0.327 e. The highest BCUT2D eigenvalue weighted by molar-refractivity contribution is 7.98. The number of nitrogens with zero attached hydrogens (tertiary/aromatic N) is 1. The Hall–Kier alpha value is -2.08. The third kappa shape index (κ3) is 4.46. The van der Waals surface area contributed by atoms with Gasteiger partial charge in [0.1, 0.15) is 6.04 Å². The molecule has 0 bridgehead atoms. The van der Waals surface area contributed by atoms with E-state index in [2.05, 4.69) is 10.3 Å². The number of hydrogen-bond donors (Lipinski definition) is 2. The SMILES string of the molecule is CC(=O)N[C@@H](CSCc1ccc2ccccc2n1)C(=O)O. The van der Waals surface area contributed by atoms with Crippen LogP contribution in [0, 0.1) is 0 Å². The van der Waals surface area contributed by atoms with Crippen molar-refractivity contribution in [3.8, 4) is 0 Å². The van der Waals surface area contributed by atoms with Gasteiger partial charge in [0.2, 0.25) is 5.91 Å². The third-order valence-corrected chi connectivity index (χ3v) is 3.94. The van der Waals surface area contributed by atoms with Crippen LogP contribution in [-0.4, -0.2) is 33.8 Å². The molecule has 1 heterocycles. The maximum Gasteiger partial charge on any atom is 0.327 e. The lowest BCUT2D eigenvalue weighted by Crippen LogP contribution is -2.41. The van der Waals surface area contributed by atoms with Crippen LogP contribution in [0.5, 0.6) is 0 Å². The van der Waals surface area contributed by atoms with Gasteiger partial charge in [-0.05, 0) is 12.1 Å². The number of carbonyl (C=O) groups excluding carboxylic acids is 1. The van der Waals surface area contributed by atoms with Crippen LogP contribution in [0.2, 0.25) is 0 Å². The molecule has 2 rings (SSSR count). The van der Waals surface area contributed by atoms with Gasteiger partial charge in [-0.15, -0.1) is 0 Å². The minimum absolute atomic E-state index is 0.309. The van der Waals surface area contributed by atoms with Gasteiger partial charge in [0.05, 0.1) is 11.2 Å². The number of para-hydroxylation sites is 1. The Morgan fingerprint density at radius 2 is 2.05 bits per heavy atom. The summed E-state index contributed by atoms with van der Waals surface area (Å²) in [6.07, 6.45) is 0. The summed E-state index contributed by atoms with van der Waals surface area (Å²) in [7, 11) is 0. The minimum Gasteiger partial charge on any atom is -0.480 e. The molecule has 1 amide bonds. The second kappa shape index (κ2) is 7.08. The summed E-state index contributed by atoms with van der Waals surface area (Å²) >= 11 is 1.44. The number of aromatic nitrogens is 1. The monoisotopic (exact) mass is 304 g/mol. The third-order valence-electron chi connectivity index (χ3n) is 2.87. The molecule has 0 unspecified atom stereocenters. The Labute approximate surface area is 126 Å². The molecule has 0 spiro atoms. The number of fused-ring (bicyclic) bond motifs is 1. The number of pyridine rings is 1. The van der Waals surface area contributed by atoms with E-state index in [0.29, 0.717) is 11.5 Å². The highest BCUT2D eigenvalue weighted by atomic mass is 32.2. The number of amides is 1. The predicted molar refractivity (Wildman–Crippen MR) is 83.1 cm³/mol. The fraction of sp³-hybridized carbons (Fsp3) is 0.267. The van der Waals surface area contributed by atoms with E-state index in [0.717, 1.165) is 16.6 Å². The molecule has 0 saturated heterocycles. The van der Waals surface area contributed by atoms with E-state index in [-0.39, 0.29) is 5.91 Å². The van der Waals surface area contributed by atoms with Gasteiger partial charge >= 0.3 is 5.97 Å². The largest absolute Gasteiger partial charge is 0.480 e. The molecule has 21 heavy (non-hydrogen) atoms. The van der Waals surface area contributed by atoms with Crippen LogP contribution in [0.3, 0.4) is 0 Å². The van der Waals surface area contributed by atoms with Crippen LogP contribution in [0.4, 0.5) is 0 Å². The Morgan fingerprint density at radius 3 is 2.76 bits per heavy atom. The molecule has 0 aliphatic carbocycles. The van der Waals surface area contributed by atoms with Crippen LogP contribution < -0.4 is 5.32 Å². The fourth-order valence-electron chi connectivity index (χ4n) is 1.89. The predicted octanol–water partition coefficient (Wildman–Crippen LogP) is 2.06. The first-order valence-corrected chi connectivity index (χ1v) is 7.64.